The second-order valence-electron chi connectivity index (χ2n) is 25.2. The summed E-state index contributed by atoms with van der Waals surface area (Å²) < 4.78 is 25.2. The Bertz CT molecular complexity index is 4340. The third-order valence-electron chi connectivity index (χ3n) is 17.9. The lowest BCUT2D eigenvalue weighted by Crippen LogP contribution is -2.41. The van der Waals surface area contributed by atoms with Crippen LogP contribution in [0.5, 0.6) is 0 Å². The lowest BCUT2D eigenvalue weighted by atomic mass is 9.71. The van der Waals surface area contributed by atoms with Crippen molar-refractivity contribution in [3.05, 3.63) is 278 Å². The van der Waals surface area contributed by atoms with Crippen LogP contribution in [0.1, 0.15) is 55.4 Å². The van der Waals surface area contributed by atoms with E-state index in [0.29, 0.717) is 22.6 Å². The molecule has 2 fully saturated rings. The van der Waals surface area contributed by atoms with E-state index < -0.39 is 14.2 Å². The molecule has 10 nitrogen and oxygen atoms in total. The first-order chi connectivity index (χ1) is 45.0. The van der Waals surface area contributed by atoms with Gasteiger partial charge in [0, 0.05) is 50.6 Å². The minimum atomic E-state index is -0.401. The Kier molecular flexibility index (Phi) is 17.4. The van der Waals surface area contributed by atoms with Gasteiger partial charge in [0.15, 0.2) is 17.5 Å². The first-order valence-electron chi connectivity index (χ1n) is 31.4. The SMILES string of the molecule is CC1(C)OB(c2cccc3c(B4OC(C)(C)C(C)(C)O4)cccc23)OC1(C)C.Clc1cc(-c2ccccc2)nc(-c2ccccc2)n1.c1ccc(-c2cc(-c3cccc4c(-c5cc(-c6ccccc6)nc(-c6ccccc6)n5)cccc34)nc(-c3ccccc3)n2)cc1. The van der Waals surface area contributed by atoms with Gasteiger partial charge in [0.1, 0.15) is 5.15 Å². The average Bonchev–Trinajstić information content (AvgIpc) is 1.60. The Labute approximate surface area is 550 Å². The van der Waals surface area contributed by atoms with E-state index in [4.69, 9.17) is 50.2 Å². The minimum absolute atomic E-state index is 0.372. The number of rotatable bonds is 10. The topological polar surface area (TPSA) is 114 Å². The van der Waals surface area contributed by atoms with Crippen LogP contribution in [0.25, 0.3) is 112 Å². The molecule has 0 saturated carbocycles. The van der Waals surface area contributed by atoms with Crippen LogP contribution in [-0.2, 0) is 18.6 Å². The molecule has 0 bridgehead atoms. The maximum absolute atomic E-state index is 6.31. The van der Waals surface area contributed by atoms with Gasteiger partial charge in [0.25, 0.3) is 0 Å². The van der Waals surface area contributed by atoms with Gasteiger partial charge < -0.3 is 18.6 Å². The summed E-state index contributed by atoms with van der Waals surface area (Å²) in [4.78, 5) is 29.1. The summed E-state index contributed by atoms with van der Waals surface area (Å²) in [6.45, 7) is 16.6. The summed E-state index contributed by atoms with van der Waals surface area (Å²) in [6, 6.07) is 92.0. The summed E-state index contributed by atoms with van der Waals surface area (Å²) >= 11 is 6.10. The highest BCUT2D eigenvalue weighted by Crippen LogP contribution is 2.41. The van der Waals surface area contributed by atoms with Gasteiger partial charge in [0.05, 0.1) is 50.9 Å². The van der Waals surface area contributed by atoms with Crippen LogP contribution in [-0.4, -0.2) is 66.5 Å². The minimum Gasteiger partial charge on any atom is -0.399 e. The molecule has 3 aromatic heterocycles. The maximum Gasteiger partial charge on any atom is 0.495 e. The van der Waals surface area contributed by atoms with Crippen LogP contribution in [0.3, 0.4) is 0 Å². The average molecular weight is 1240 g/mol. The summed E-state index contributed by atoms with van der Waals surface area (Å²) in [5.41, 5.74) is 13.0. The van der Waals surface area contributed by atoms with Gasteiger partial charge >= 0.3 is 14.2 Å². The van der Waals surface area contributed by atoms with Crippen LogP contribution in [0, 0.1) is 0 Å². The van der Waals surface area contributed by atoms with Crippen molar-refractivity contribution in [1.29, 1.82) is 0 Å². The molecule has 5 heterocycles. The standard InChI is InChI=1S/C42H28N4.C22H30B2O4.C16H11ClN2/c1-5-15-29(16-6-1)37-27-39(45-41(43-37)31-19-9-3-10-20-31)35-25-13-24-34-33(35)23-14-26-36(34)40-28-38(30-17-7-2-8-18-30)44-42(46-40)32-21-11-4-12-22-32;1-19(2)20(3,4)26-23(25-19)17-13-9-12-16-15(17)11-10-14-18(16)24-27-21(5,6)22(7,8)28-24;17-15-11-14(12-7-3-1-4-8-12)18-16(19-15)13-9-5-2-6-10-13/h1-28H;9-14H,1-8H3;1-11H. The smallest absolute Gasteiger partial charge is 0.399 e. The Balaban J connectivity index is 0.000000142. The van der Waals surface area contributed by atoms with E-state index in [1.54, 1.807) is 6.07 Å². The van der Waals surface area contributed by atoms with Crippen LogP contribution < -0.4 is 10.9 Å². The third-order valence-corrected chi connectivity index (χ3v) is 18.1. The maximum atomic E-state index is 6.31. The van der Waals surface area contributed by atoms with Crippen molar-refractivity contribution in [1.82, 2.24) is 29.9 Å². The van der Waals surface area contributed by atoms with Crippen molar-refractivity contribution in [3.63, 3.8) is 0 Å². The van der Waals surface area contributed by atoms with E-state index in [9.17, 15) is 0 Å². The second kappa shape index (κ2) is 26.1. The first-order valence-corrected chi connectivity index (χ1v) is 31.8. The number of aromatic nitrogens is 6. The highest BCUT2D eigenvalue weighted by molar-refractivity contribution is 6.68. The molecule has 10 aromatic carbocycles. The normalized spacial score (nSPS) is 15.1. The number of hydrogen-bond donors (Lipinski definition) is 0. The summed E-state index contributed by atoms with van der Waals surface area (Å²) in [6.07, 6.45) is 0. The molecule has 2 saturated heterocycles. The lowest BCUT2D eigenvalue weighted by molar-refractivity contribution is 0.00578. The molecular weight excluding hydrogens is 1170 g/mol. The van der Waals surface area contributed by atoms with Crippen molar-refractivity contribution in [2.45, 2.75) is 77.8 Å². The van der Waals surface area contributed by atoms with Crippen molar-refractivity contribution in [3.8, 4) is 90.5 Å². The fourth-order valence-electron chi connectivity index (χ4n) is 11.5. The molecule has 13 heteroatoms. The predicted octanol–water partition coefficient (Wildman–Crippen LogP) is 18.3. The molecule has 13 aromatic rings. The number of fused-ring (bicyclic) bond motifs is 2. The number of nitrogens with zero attached hydrogens (tertiary/aromatic N) is 6. The largest absolute Gasteiger partial charge is 0.495 e. The summed E-state index contributed by atoms with van der Waals surface area (Å²) in [5.74, 6) is 2.04. The van der Waals surface area contributed by atoms with Crippen LogP contribution in [0.15, 0.2) is 273 Å². The highest BCUT2D eigenvalue weighted by atomic mass is 35.5. The molecule has 0 N–H and O–H groups in total. The molecular formula is C80H69B2ClN6O4. The number of halogens is 1. The Morgan fingerprint density at radius 3 is 0.839 bits per heavy atom. The molecule has 0 spiro atoms. The second-order valence-corrected chi connectivity index (χ2v) is 25.6. The van der Waals surface area contributed by atoms with Gasteiger partial charge in [-0.15, -0.1) is 0 Å². The fourth-order valence-corrected chi connectivity index (χ4v) is 11.7. The summed E-state index contributed by atoms with van der Waals surface area (Å²) in [5, 5.41) is 4.85. The van der Waals surface area contributed by atoms with Gasteiger partial charge in [-0.2, -0.15) is 0 Å². The molecule has 2 aliphatic rings. The van der Waals surface area contributed by atoms with E-state index in [0.717, 1.165) is 105 Å². The van der Waals surface area contributed by atoms with E-state index in [1.165, 1.54) is 0 Å². The predicted molar refractivity (Wildman–Crippen MR) is 381 cm³/mol. The Morgan fingerprint density at radius 2 is 0.516 bits per heavy atom. The molecule has 93 heavy (non-hydrogen) atoms. The third kappa shape index (κ3) is 13.2. The van der Waals surface area contributed by atoms with Gasteiger partial charge in [-0.1, -0.05) is 266 Å². The Hall–Kier alpha value is -9.78. The lowest BCUT2D eigenvalue weighted by Gasteiger charge is -2.32. The van der Waals surface area contributed by atoms with Crippen LogP contribution >= 0.6 is 11.6 Å². The zero-order valence-corrected chi connectivity index (χ0v) is 54.1. The Morgan fingerprint density at radius 1 is 0.258 bits per heavy atom. The monoisotopic (exact) mass is 1230 g/mol. The van der Waals surface area contributed by atoms with Crippen molar-refractivity contribution in [2.75, 3.05) is 0 Å². The molecule has 456 valence electrons. The fraction of sp³-hybridized carbons (Fsp3) is 0.150. The zero-order valence-electron chi connectivity index (χ0n) is 53.3. The van der Waals surface area contributed by atoms with Crippen molar-refractivity contribution >= 4 is 58.3 Å². The number of benzene rings is 10. The molecule has 0 amide bonds. The molecule has 15 rings (SSSR count). The molecule has 0 radical (unpaired) electrons. The first kappa shape index (κ1) is 62.0. The van der Waals surface area contributed by atoms with Crippen LogP contribution in [0.4, 0.5) is 0 Å². The van der Waals surface area contributed by atoms with Gasteiger partial charge in [-0.25, -0.2) is 29.9 Å². The van der Waals surface area contributed by atoms with Crippen molar-refractivity contribution < 1.29 is 18.6 Å². The highest BCUT2D eigenvalue weighted by Gasteiger charge is 2.54. The molecule has 0 atom stereocenters. The molecule has 2 aliphatic heterocycles. The van der Waals surface area contributed by atoms with Crippen LogP contribution in [0.2, 0.25) is 5.15 Å². The van der Waals surface area contributed by atoms with E-state index in [2.05, 4.69) is 199 Å². The van der Waals surface area contributed by atoms with E-state index >= 15 is 0 Å². The quantitative estimate of drug-likeness (QED) is 0.0968. The zero-order chi connectivity index (χ0) is 64.3. The molecule has 0 unspecified atom stereocenters. The van der Waals surface area contributed by atoms with Gasteiger partial charge in [-0.05, 0) is 100.0 Å². The van der Waals surface area contributed by atoms with E-state index in [1.807, 2.05) is 133 Å². The number of hydrogen-bond acceptors (Lipinski definition) is 10. The van der Waals surface area contributed by atoms with E-state index in [-0.39, 0.29) is 22.4 Å². The van der Waals surface area contributed by atoms with Gasteiger partial charge in [-0.3, -0.25) is 0 Å². The molecule has 0 aliphatic carbocycles. The summed E-state index contributed by atoms with van der Waals surface area (Å²) in [7, 11) is -0.801. The van der Waals surface area contributed by atoms with Crippen molar-refractivity contribution in [2.24, 2.45) is 0 Å². The van der Waals surface area contributed by atoms with Gasteiger partial charge in [0.2, 0.25) is 0 Å².